The maximum absolute atomic E-state index is 12.8. The smallest absolute Gasteiger partial charge is 0.141 e. The zero-order chi connectivity index (χ0) is 13.5. The molecule has 19 heavy (non-hydrogen) atoms. The van der Waals surface area contributed by atoms with E-state index in [-0.39, 0.29) is 5.82 Å². The van der Waals surface area contributed by atoms with Crippen LogP contribution in [0.5, 0.6) is 0 Å². The molecule has 0 radical (unpaired) electrons. The van der Waals surface area contributed by atoms with E-state index in [0.717, 1.165) is 17.9 Å². The largest absolute Gasteiger partial charge is 0.383 e. The Hall–Kier alpha value is -1.79. The van der Waals surface area contributed by atoms with Gasteiger partial charge < -0.3 is 10.1 Å². The topological polar surface area (TPSA) is 52.0 Å². The molecule has 0 saturated heterocycles. The number of hydrogen-bond acceptors (Lipinski definition) is 4. The molecule has 0 amide bonds. The van der Waals surface area contributed by atoms with E-state index in [1.807, 2.05) is 0 Å². The fraction of sp³-hybridized carbons (Fsp3) is 0.385. The molecule has 0 bridgehead atoms. The minimum Gasteiger partial charge on any atom is -0.383 e. The predicted molar refractivity (Wildman–Crippen MR) is 69.1 cm³/mol. The molecule has 0 unspecified atom stereocenters. The van der Waals surface area contributed by atoms with Gasteiger partial charge in [-0.2, -0.15) is 5.10 Å². The van der Waals surface area contributed by atoms with Gasteiger partial charge in [-0.15, -0.1) is 0 Å². The molecule has 0 saturated carbocycles. The van der Waals surface area contributed by atoms with Crippen LogP contribution in [0.3, 0.4) is 0 Å². The van der Waals surface area contributed by atoms with Crippen molar-refractivity contribution in [1.82, 2.24) is 20.1 Å². The van der Waals surface area contributed by atoms with Gasteiger partial charge in [0.1, 0.15) is 18.0 Å². The predicted octanol–water partition coefficient (Wildman–Crippen LogP) is 1.20. The molecular formula is C13H17FN4O. The summed E-state index contributed by atoms with van der Waals surface area (Å²) in [6.45, 7) is 2.64. The molecule has 0 atom stereocenters. The van der Waals surface area contributed by atoms with Gasteiger partial charge >= 0.3 is 0 Å². The Morgan fingerprint density at radius 3 is 2.84 bits per heavy atom. The lowest BCUT2D eigenvalue weighted by atomic mass is 10.2. The number of methoxy groups -OCH3 is 1. The number of nitrogens with one attached hydrogen (secondary N) is 1. The number of rotatable bonds is 7. The van der Waals surface area contributed by atoms with Crippen LogP contribution < -0.4 is 5.32 Å². The van der Waals surface area contributed by atoms with Crippen molar-refractivity contribution in [2.24, 2.45) is 0 Å². The maximum atomic E-state index is 12.8. The van der Waals surface area contributed by atoms with Crippen molar-refractivity contribution in [3.8, 4) is 0 Å². The van der Waals surface area contributed by atoms with E-state index in [9.17, 15) is 4.39 Å². The highest BCUT2D eigenvalue weighted by Crippen LogP contribution is 2.05. The van der Waals surface area contributed by atoms with E-state index >= 15 is 0 Å². The standard InChI is InChI=1S/C13H17FN4O/c1-19-7-6-15-8-13-16-10-17-18(13)9-11-2-4-12(14)5-3-11/h2-5,10,15H,6-9H2,1H3. The first-order valence-electron chi connectivity index (χ1n) is 6.10. The Morgan fingerprint density at radius 2 is 2.11 bits per heavy atom. The van der Waals surface area contributed by atoms with Gasteiger partial charge in [-0.3, -0.25) is 0 Å². The van der Waals surface area contributed by atoms with Gasteiger partial charge in [0, 0.05) is 13.7 Å². The summed E-state index contributed by atoms with van der Waals surface area (Å²) in [5.41, 5.74) is 0.991. The summed E-state index contributed by atoms with van der Waals surface area (Å²) < 4.78 is 19.6. The van der Waals surface area contributed by atoms with E-state index in [1.165, 1.54) is 18.5 Å². The minimum atomic E-state index is -0.233. The molecule has 102 valence electrons. The quantitative estimate of drug-likeness (QED) is 0.764. The summed E-state index contributed by atoms with van der Waals surface area (Å²) in [5.74, 6) is 0.615. The van der Waals surface area contributed by atoms with Gasteiger partial charge in [-0.05, 0) is 17.7 Å². The second-order valence-electron chi connectivity index (χ2n) is 4.13. The molecule has 1 aromatic heterocycles. The molecule has 6 heteroatoms. The third-order valence-electron chi connectivity index (χ3n) is 2.71. The molecule has 0 aliphatic rings. The fourth-order valence-corrected chi connectivity index (χ4v) is 1.69. The Balaban J connectivity index is 1.93. The van der Waals surface area contributed by atoms with Crippen molar-refractivity contribution in [3.63, 3.8) is 0 Å². The van der Waals surface area contributed by atoms with Gasteiger partial charge in [-0.1, -0.05) is 12.1 Å². The zero-order valence-corrected chi connectivity index (χ0v) is 10.8. The van der Waals surface area contributed by atoms with E-state index in [0.29, 0.717) is 19.7 Å². The maximum Gasteiger partial charge on any atom is 0.141 e. The van der Waals surface area contributed by atoms with Gasteiger partial charge in [0.25, 0.3) is 0 Å². The summed E-state index contributed by atoms with van der Waals surface area (Å²) in [6.07, 6.45) is 1.52. The number of hydrogen-bond donors (Lipinski definition) is 1. The van der Waals surface area contributed by atoms with Crippen LogP contribution in [-0.2, 0) is 17.8 Å². The molecule has 1 N–H and O–H groups in total. The minimum absolute atomic E-state index is 0.233. The third kappa shape index (κ3) is 4.11. The monoisotopic (exact) mass is 264 g/mol. The number of nitrogens with zero attached hydrogens (tertiary/aromatic N) is 3. The van der Waals surface area contributed by atoms with E-state index < -0.39 is 0 Å². The van der Waals surface area contributed by atoms with E-state index in [4.69, 9.17) is 4.74 Å². The molecule has 1 aromatic carbocycles. The molecule has 0 aliphatic carbocycles. The van der Waals surface area contributed by atoms with Crippen LogP contribution in [0, 0.1) is 5.82 Å². The lowest BCUT2D eigenvalue weighted by molar-refractivity contribution is 0.198. The first-order chi connectivity index (χ1) is 9.29. The highest BCUT2D eigenvalue weighted by molar-refractivity contribution is 5.16. The Labute approximate surface area is 111 Å². The highest BCUT2D eigenvalue weighted by atomic mass is 19.1. The summed E-state index contributed by atoms with van der Waals surface area (Å²) in [6, 6.07) is 6.39. The molecule has 2 aromatic rings. The van der Waals surface area contributed by atoms with Crippen molar-refractivity contribution >= 4 is 0 Å². The lowest BCUT2D eigenvalue weighted by Gasteiger charge is -2.07. The average Bonchev–Trinajstić information content (AvgIpc) is 2.85. The number of halogens is 1. The SMILES string of the molecule is COCCNCc1ncnn1Cc1ccc(F)cc1. The van der Waals surface area contributed by atoms with Crippen LogP contribution in [0.1, 0.15) is 11.4 Å². The van der Waals surface area contributed by atoms with Gasteiger partial charge in [0.2, 0.25) is 0 Å². The molecule has 1 heterocycles. The first-order valence-corrected chi connectivity index (χ1v) is 6.10. The summed E-state index contributed by atoms with van der Waals surface area (Å²) >= 11 is 0. The van der Waals surface area contributed by atoms with Crippen LogP contribution >= 0.6 is 0 Å². The lowest BCUT2D eigenvalue weighted by Crippen LogP contribution is -2.21. The van der Waals surface area contributed by atoms with Crippen molar-refractivity contribution in [2.45, 2.75) is 13.1 Å². The van der Waals surface area contributed by atoms with Crippen molar-refractivity contribution in [3.05, 3.63) is 47.8 Å². The number of benzene rings is 1. The highest BCUT2D eigenvalue weighted by Gasteiger charge is 2.04. The van der Waals surface area contributed by atoms with Crippen LogP contribution in [0.4, 0.5) is 4.39 Å². The molecule has 0 spiro atoms. The van der Waals surface area contributed by atoms with Crippen LogP contribution in [0.15, 0.2) is 30.6 Å². The van der Waals surface area contributed by atoms with Gasteiger partial charge in [0.05, 0.1) is 19.7 Å². The Kier molecular flexibility index (Phi) is 5.00. The van der Waals surface area contributed by atoms with Crippen molar-refractivity contribution < 1.29 is 9.13 Å². The van der Waals surface area contributed by atoms with Crippen molar-refractivity contribution in [2.75, 3.05) is 20.3 Å². The Morgan fingerprint density at radius 1 is 1.32 bits per heavy atom. The van der Waals surface area contributed by atoms with Gasteiger partial charge in [-0.25, -0.2) is 14.1 Å². The molecule has 0 fully saturated rings. The average molecular weight is 264 g/mol. The second-order valence-corrected chi connectivity index (χ2v) is 4.13. The molecule has 0 aliphatic heterocycles. The third-order valence-corrected chi connectivity index (χ3v) is 2.71. The molecule has 2 rings (SSSR count). The summed E-state index contributed by atoms with van der Waals surface area (Å²) in [7, 11) is 1.67. The van der Waals surface area contributed by atoms with E-state index in [1.54, 1.807) is 23.9 Å². The molecule has 5 nitrogen and oxygen atoms in total. The number of ether oxygens (including phenoxy) is 1. The zero-order valence-electron chi connectivity index (χ0n) is 10.8. The Bertz CT molecular complexity index is 498. The van der Waals surface area contributed by atoms with E-state index in [2.05, 4.69) is 15.4 Å². The first kappa shape index (κ1) is 13.6. The van der Waals surface area contributed by atoms with Crippen molar-refractivity contribution in [1.29, 1.82) is 0 Å². The normalized spacial score (nSPS) is 10.8. The van der Waals surface area contributed by atoms with Crippen LogP contribution in [-0.4, -0.2) is 35.0 Å². The second kappa shape index (κ2) is 6.96. The number of aromatic nitrogens is 3. The molecular weight excluding hydrogens is 247 g/mol. The van der Waals surface area contributed by atoms with Crippen LogP contribution in [0.25, 0.3) is 0 Å². The van der Waals surface area contributed by atoms with Crippen LogP contribution in [0.2, 0.25) is 0 Å². The summed E-state index contributed by atoms with van der Waals surface area (Å²) in [5, 5.41) is 7.39. The van der Waals surface area contributed by atoms with Gasteiger partial charge in [0.15, 0.2) is 0 Å². The summed E-state index contributed by atoms with van der Waals surface area (Å²) in [4.78, 5) is 4.20. The fourth-order valence-electron chi connectivity index (χ4n) is 1.69.